The van der Waals surface area contributed by atoms with Crippen molar-refractivity contribution in [1.82, 2.24) is 0 Å². The molecular formula is C84H58. The molecule has 0 aromatic heterocycles. The smallest absolute Gasteiger partial charge is 0.0159 e. The summed E-state index contributed by atoms with van der Waals surface area (Å²) in [5.74, 6) is 0. The zero-order valence-corrected chi connectivity index (χ0v) is 48.1. The first-order valence-electron chi connectivity index (χ1n) is 30.0. The molecule has 0 saturated heterocycles. The van der Waals surface area contributed by atoms with Crippen LogP contribution in [0.25, 0.3) is 165 Å². The summed E-state index contributed by atoms with van der Waals surface area (Å²) in [5.41, 5.74) is 36.4. The maximum Gasteiger partial charge on any atom is 0.0159 e. The maximum absolute atomic E-state index is 2.62. The van der Waals surface area contributed by atoms with Gasteiger partial charge in [-0.2, -0.15) is 0 Å². The minimum Gasteiger partial charge on any atom is -0.0622 e. The van der Waals surface area contributed by atoms with Crippen LogP contribution in [0.5, 0.6) is 0 Å². The summed E-state index contributed by atoms with van der Waals surface area (Å²) < 4.78 is 0. The predicted molar refractivity (Wildman–Crippen MR) is 357 cm³/mol. The number of hydrogen-bond acceptors (Lipinski definition) is 0. The summed E-state index contributed by atoms with van der Waals surface area (Å²) in [5, 5.41) is 10.4. The fourth-order valence-electron chi connectivity index (χ4n) is 16.6. The first kappa shape index (κ1) is 47.7. The standard InChI is InChI=1S/C84H58/c1-47-20-19-21-48(2)74(47)51-34-37-62-67(42-51)76(53-33-36-57-55-27-16-18-31-71(55)84(5,6)73(57)44-53)69-46-66-61-39-41-64-80-63(81-77(49-22-9-7-10-23-49)58-28-13-14-29-59(58)78(82(64)81)50-24-11-8-12-25-50)40-38-60(79(61)80)65(66)45-68(69)75(62)52-32-35-56-54-26-15-17-30-70(54)83(3,4)72(56)43-52/h7-46H,1-6H3. The maximum atomic E-state index is 2.62. The van der Waals surface area contributed by atoms with Gasteiger partial charge in [-0.15, -0.1) is 0 Å². The van der Waals surface area contributed by atoms with Crippen molar-refractivity contribution in [3.63, 3.8) is 0 Å². The van der Waals surface area contributed by atoms with E-state index in [-0.39, 0.29) is 10.8 Å². The highest BCUT2D eigenvalue weighted by atomic mass is 14.4. The van der Waals surface area contributed by atoms with Gasteiger partial charge in [0, 0.05) is 10.8 Å². The minimum absolute atomic E-state index is 0.164. The Kier molecular flexibility index (Phi) is 9.59. The van der Waals surface area contributed by atoms with E-state index in [1.54, 1.807) is 0 Å². The molecule has 0 N–H and O–H groups in total. The Hall–Kier alpha value is -9.88. The molecule has 4 aliphatic carbocycles. The van der Waals surface area contributed by atoms with Crippen molar-refractivity contribution < 1.29 is 0 Å². The van der Waals surface area contributed by atoms with E-state index in [0.29, 0.717) is 0 Å². The van der Waals surface area contributed by atoms with Gasteiger partial charge in [0.15, 0.2) is 0 Å². The normalized spacial score (nSPS) is 14.0. The monoisotopic (exact) mass is 1070 g/mol. The van der Waals surface area contributed by atoms with Crippen molar-refractivity contribution in [2.45, 2.75) is 52.4 Å². The highest BCUT2D eigenvalue weighted by Gasteiger charge is 2.39. The van der Waals surface area contributed by atoms with Gasteiger partial charge in [-0.1, -0.05) is 240 Å². The minimum atomic E-state index is -0.171. The molecule has 84 heavy (non-hydrogen) atoms. The number of benzene rings is 14. The van der Waals surface area contributed by atoms with Gasteiger partial charge in [0.1, 0.15) is 0 Å². The van der Waals surface area contributed by atoms with Gasteiger partial charge in [0.05, 0.1) is 0 Å². The molecular weight excluding hydrogens is 1010 g/mol. The lowest BCUT2D eigenvalue weighted by Gasteiger charge is -2.25. The molecule has 0 amide bonds. The van der Waals surface area contributed by atoms with E-state index in [1.807, 2.05) is 0 Å². The molecule has 394 valence electrons. The first-order chi connectivity index (χ1) is 41.0. The average molecular weight is 1070 g/mol. The Morgan fingerprint density at radius 2 is 0.571 bits per heavy atom. The van der Waals surface area contributed by atoms with E-state index < -0.39 is 0 Å². The van der Waals surface area contributed by atoms with Crippen LogP contribution in [-0.2, 0) is 10.8 Å². The molecule has 18 rings (SSSR count). The van der Waals surface area contributed by atoms with E-state index in [0.717, 1.165) is 0 Å². The van der Waals surface area contributed by atoms with Crippen LogP contribution in [0.2, 0.25) is 0 Å². The van der Waals surface area contributed by atoms with Crippen molar-refractivity contribution in [1.29, 1.82) is 0 Å². The molecule has 0 radical (unpaired) electrons. The highest BCUT2D eigenvalue weighted by molar-refractivity contribution is 6.34. The van der Waals surface area contributed by atoms with E-state index in [2.05, 4.69) is 284 Å². The fraction of sp³-hybridized carbons (Fsp3) is 0.0952. The number of rotatable bonds is 5. The average Bonchev–Trinajstić information content (AvgIpc) is 1.68. The quantitative estimate of drug-likeness (QED) is 0.151. The molecule has 0 atom stereocenters. The Bertz CT molecular complexity index is 5180. The summed E-state index contributed by atoms with van der Waals surface area (Å²) in [4.78, 5) is 0. The lowest BCUT2D eigenvalue weighted by molar-refractivity contribution is 0.660. The van der Waals surface area contributed by atoms with Crippen LogP contribution in [0.3, 0.4) is 0 Å². The molecule has 0 fully saturated rings. The third-order valence-corrected chi connectivity index (χ3v) is 20.4. The van der Waals surface area contributed by atoms with Gasteiger partial charge in [-0.3, -0.25) is 0 Å². The van der Waals surface area contributed by atoms with E-state index in [9.17, 15) is 0 Å². The first-order valence-corrected chi connectivity index (χ1v) is 30.0. The van der Waals surface area contributed by atoms with Crippen molar-refractivity contribution in [3.05, 3.63) is 276 Å². The fourth-order valence-corrected chi connectivity index (χ4v) is 16.6. The van der Waals surface area contributed by atoms with Crippen LogP contribution >= 0.6 is 0 Å². The van der Waals surface area contributed by atoms with E-state index >= 15 is 0 Å². The van der Waals surface area contributed by atoms with Gasteiger partial charge >= 0.3 is 0 Å². The van der Waals surface area contributed by atoms with Gasteiger partial charge in [-0.25, -0.2) is 0 Å². The third-order valence-electron chi connectivity index (χ3n) is 20.4. The highest BCUT2D eigenvalue weighted by Crippen LogP contribution is 2.63. The summed E-state index contributed by atoms with van der Waals surface area (Å²) in [6.45, 7) is 14.2. The Labute approximate surface area is 491 Å². The van der Waals surface area contributed by atoms with Crippen LogP contribution < -0.4 is 0 Å². The van der Waals surface area contributed by atoms with E-state index in [1.165, 1.54) is 199 Å². The molecule has 0 bridgehead atoms. The van der Waals surface area contributed by atoms with Gasteiger partial charge in [-0.05, 0) is 243 Å². The SMILES string of the molecule is Cc1cccc(C)c1-c1ccc2c(-c3ccc4c(c3)C(C)(C)c3ccccc3-4)c3cc4c(cc3c(-c3ccc5c(c3)C(C)(C)c3ccccc3-5)c2c1)-c1ccc2c3c(ccc-4c13)-c1c-2c(-c2ccccc2)c2ccccc2c1-c1ccccc1. The zero-order valence-electron chi connectivity index (χ0n) is 48.1. The number of hydrogen-bond donors (Lipinski definition) is 0. The molecule has 0 saturated carbocycles. The molecule has 0 unspecified atom stereocenters. The second kappa shape index (κ2) is 16.9. The Balaban J connectivity index is 0.966. The second-order valence-electron chi connectivity index (χ2n) is 25.4. The molecule has 0 nitrogen and oxygen atoms in total. The van der Waals surface area contributed by atoms with Crippen LogP contribution in [0.15, 0.2) is 243 Å². The molecule has 0 heteroatoms. The lowest BCUT2D eigenvalue weighted by atomic mass is 9.78. The summed E-state index contributed by atoms with van der Waals surface area (Å²) in [6.07, 6.45) is 0. The summed E-state index contributed by atoms with van der Waals surface area (Å²) >= 11 is 0. The third kappa shape index (κ3) is 6.22. The van der Waals surface area contributed by atoms with Crippen molar-refractivity contribution >= 4 is 43.1 Å². The van der Waals surface area contributed by atoms with Gasteiger partial charge in [0.2, 0.25) is 0 Å². The van der Waals surface area contributed by atoms with Crippen LogP contribution in [0, 0.1) is 13.8 Å². The van der Waals surface area contributed by atoms with Crippen LogP contribution in [-0.4, -0.2) is 0 Å². The van der Waals surface area contributed by atoms with E-state index in [4.69, 9.17) is 0 Å². The zero-order chi connectivity index (χ0) is 56.1. The van der Waals surface area contributed by atoms with Crippen LogP contribution in [0.1, 0.15) is 61.1 Å². The summed E-state index contributed by atoms with van der Waals surface area (Å²) in [6, 6.07) is 93.6. The molecule has 14 aromatic rings. The number of fused-ring (bicyclic) bond motifs is 15. The van der Waals surface area contributed by atoms with Crippen molar-refractivity contribution in [2.24, 2.45) is 0 Å². The van der Waals surface area contributed by atoms with Gasteiger partial charge < -0.3 is 0 Å². The molecule has 14 aromatic carbocycles. The van der Waals surface area contributed by atoms with Crippen molar-refractivity contribution in [3.8, 4) is 122 Å². The second-order valence-corrected chi connectivity index (χ2v) is 25.4. The predicted octanol–water partition coefficient (Wildman–Crippen LogP) is 23.2. The van der Waals surface area contributed by atoms with Crippen molar-refractivity contribution in [2.75, 3.05) is 0 Å². The molecule has 4 aliphatic rings. The topological polar surface area (TPSA) is 0 Å². The largest absolute Gasteiger partial charge is 0.0622 e. The molecule has 0 spiro atoms. The van der Waals surface area contributed by atoms with Crippen LogP contribution in [0.4, 0.5) is 0 Å². The molecule has 0 heterocycles. The lowest BCUT2D eigenvalue weighted by Crippen LogP contribution is -2.15. The number of aryl methyl sites for hydroxylation is 2. The summed E-state index contributed by atoms with van der Waals surface area (Å²) in [7, 11) is 0. The molecule has 0 aliphatic heterocycles. The Morgan fingerprint density at radius 3 is 1.08 bits per heavy atom. The van der Waals surface area contributed by atoms with Gasteiger partial charge in [0.25, 0.3) is 0 Å². The Morgan fingerprint density at radius 1 is 0.202 bits per heavy atom.